The van der Waals surface area contributed by atoms with Crippen molar-refractivity contribution in [2.45, 2.75) is 31.8 Å². The lowest BCUT2D eigenvalue weighted by Gasteiger charge is -2.23. The van der Waals surface area contributed by atoms with Crippen LogP contribution in [-0.2, 0) is 9.53 Å². The second-order valence-electron chi connectivity index (χ2n) is 4.26. The molecule has 0 spiro atoms. The van der Waals surface area contributed by atoms with E-state index in [0.717, 1.165) is 19.4 Å². The zero-order chi connectivity index (χ0) is 11.9. The molecule has 1 unspecified atom stereocenters. The molecule has 5 nitrogen and oxygen atoms in total. The van der Waals surface area contributed by atoms with E-state index < -0.39 is 0 Å². The van der Waals surface area contributed by atoms with Gasteiger partial charge in [0.15, 0.2) is 0 Å². The lowest BCUT2D eigenvalue weighted by atomic mass is 10.0. The molecule has 1 amide bonds. The maximum Gasteiger partial charge on any atom is 0.233 e. The maximum absolute atomic E-state index is 11.3. The van der Waals surface area contributed by atoms with Crippen LogP contribution in [0.25, 0.3) is 0 Å². The highest BCUT2D eigenvalue weighted by molar-refractivity contribution is 5.77. The van der Waals surface area contributed by atoms with Crippen LogP contribution in [0.1, 0.15) is 26.2 Å². The smallest absolute Gasteiger partial charge is 0.233 e. The minimum Gasteiger partial charge on any atom is -0.374 e. The highest BCUT2D eigenvalue weighted by Crippen LogP contribution is 2.23. The van der Waals surface area contributed by atoms with Gasteiger partial charge < -0.3 is 15.4 Å². The third-order valence-electron chi connectivity index (χ3n) is 2.64. The van der Waals surface area contributed by atoms with Gasteiger partial charge in [-0.1, -0.05) is 0 Å². The molecule has 90 valence electrons. The molecule has 0 saturated carbocycles. The van der Waals surface area contributed by atoms with E-state index in [1.165, 1.54) is 0 Å². The van der Waals surface area contributed by atoms with Crippen LogP contribution in [0.2, 0.25) is 0 Å². The number of ether oxygens (including phenoxy) is 1. The summed E-state index contributed by atoms with van der Waals surface area (Å²) in [5.74, 6) is -0.0724. The minimum atomic E-state index is -0.118. The average Bonchev–Trinajstić information content (AvgIpc) is 2.66. The monoisotopic (exact) mass is 225 g/mol. The Labute approximate surface area is 96.2 Å². The fraction of sp³-hybridized carbons (Fsp3) is 0.818. The molecular formula is C11H19N3O2. The highest BCUT2D eigenvalue weighted by atomic mass is 16.5. The van der Waals surface area contributed by atoms with Gasteiger partial charge >= 0.3 is 0 Å². The fourth-order valence-electron chi connectivity index (χ4n) is 1.74. The number of hydrogen-bond acceptors (Lipinski definition) is 4. The molecule has 0 aliphatic carbocycles. The second kappa shape index (κ2) is 6.46. The third kappa shape index (κ3) is 4.60. The normalized spacial score (nSPS) is 24.0. The molecule has 1 fully saturated rings. The van der Waals surface area contributed by atoms with E-state index in [1.54, 1.807) is 0 Å². The van der Waals surface area contributed by atoms with Gasteiger partial charge in [-0.2, -0.15) is 5.26 Å². The number of carbonyl (C=O) groups is 1. The molecule has 1 atom stereocenters. The first kappa shape index (κ1) is 12.9. The van der Waals surface area contributed by atoms with Gasteiger partial charge in [-0.25, -0.2) is 0 Å². The maximum atomic E-state index is 11.3. The predicted molar refractivity (Wildman–Crippen MR) is 59.7 cm³/mol. The first-order chi connectivity index (χ1) is 7.66. The zero-order valence-corrected chi connectivity index (χ0v) is 9.71. The molecule has 0 aromatic heterocycles. The number of hydrogen-bond donors (Lipinski definition) is 2. The van der Waals surface area contributed by atoms with Crippen molar-refractivity contribution in [2.24, 2.45) is 0 Å². The number of nitriles is 1. The lowest BCUT2D eigenvalue weighted by molar-refractivity contribution is -0.120. The first-order valence-electron chi connectivity index (χ1n) is 5.65. The molecular weight excluding hydrogens is 206 g/mol. The first-order valence-corrected chi connectivity index (χ1v) is 5.65. The molecule has 2 N–H and O–H groups in total. The molecule has 0 aromatic rings. The Morgan fingerprint density at radius 1 is 1.62 bits per heavy atom. The molecule has 0 bridgehead atoms. The summed E-state index contributed by atoms with van der Waals surface area (Å²) in [7, 11) is 0. The fourth-order valence-corrected chi connectivity index (χ4v) is 1.74. The van der Waals surface area contributed by atoms with Crippen molar-refractivity contribution >= 4 is 5.91 Å². The number of nitrogens with zero attached hydrogens (tertiary/aromatic N) is 1. The van der Waals surface area contributed by atoms with Crippen LogP contribution >= 0.6 is 0 Å². The van der Waals surface area contributed by atoms with Gasteiger partial charge in [-0.15, -0.1) is 0 Å². The topological polar surface area (TPSA) is 74.2 Å². The van der Waals surface area contributed by atoms with E-state index in [2.05, 4.69) is 17.6 Å². The van der Waals surface area contributed by atoms with Crippen molar-refractivity contribution in [3.63, 3.8) is 0 Å². The van der Waals surface area contributed by atoms with Gasteiger partial charge in [0, 0.05) is 19.7 Å². The van der Waals surface area contributed by atoms with Gasteiger partial charge in [0.25, 0.3) is 0 Å². The average molecular weight is 225 g/mol. The molecule has 16 heavy (non-hydrogen) atoms. The van der Waals surface area contributed by atoms with Gasteiger partial charge in [0.05, 0.1) is 24.6 Å². The lowest BCUT2D eigenvalue weighted by Crippen LogP contribution is -2.42. The minimum absolute atomic E-state index is 0.0724. The van der Waals surface area contributed by atoms with Crippen LogP contribution in [0.15, 0.2) is 0 Å². The molecule has 0 radical (unpaired) electrons. The molecule has 1 rings (SSSR count). The molecule has 5 heteroatoms. The van der Waals surface area contributed by atoms with Gasteiger partial charge in [0.2, 0.25) is 5.91 Å². The Morgan fingerprint density at radius 2 is 2.44 bits per heavy atom. The predicted octanol–water partition coefficient (Wildman–Crippen LogP) is 0.175. The van der Waals surface area contributed by atoms with Crippen molar-refractivity contribution in [2.75, 3.05) is 26.2 Å². The van der Waals surface area contributed by atoms with Gasteiger partial charge in [0.1, 0.15) is 0 Å². The molecule has 1 aliphatic heterocycles. The Balaban J connectivity index is 2.06. The standard InChI is InChI=1S/C11H19N3O2/c1-11(4-2-7-16-11)9-13-8-10(15)14-6-3-5-12/h13H,2-4,6-9H2,1H3,(H,14,15). The zero-order valence-electron chi connectivity index (χ0n) is 9.71. The second-order valence-corrected chi connectivity index (χ2v) is 4.26. The largest absolute Gasteiger partial charge is 0.374 e. The quantitative estimate of drug-likeness (QED) is 0.632. The van der Waals surface area contributed by atoms with E-state index in [0.29, 0.717) is 19.5 Å². The number of amides is 1. The van der Waals surface area contributed by atoms with E-state index >= 15 is 0 Å². The SMILES string of the molecule is CC1(CNCC(=O)NCCC#N)CCCO1. The number of nitrogens with one attached hydrogen (secondary N) is 2. The Kier molecular flexibility index (Phi) is 5.23. The van der Waals surface area contributed by atoms with Crippen molar-refractivity contribution in [3.05, 3.63) is 0 Å². The Hall–Kier alpha value is -1.12. The number of carbonyl (C=O) groups excluding carboxylic acids is 1. The van der Waals surface area contributed by atoms with E-state index in [1.807, 2.05) is 6.07 Å². The van der Waals surface area contributed by atoms with Crippen LogP contribution in [0.5, 0.6) is 0 Å². The van der Waals surface area contributed by atoms with Crippen molar-refractivity contribution in [3.8, 4) is 6.07 Å². The van der Waals surface area contributed by atoms with Crippen LogP contribution in [0.4, 0.5) is 0 Å². The summed E-state index contributed by atoms with van der Waals surface area (Å²) in [4.78, 5) is 11.3. The van der Waals surface area contributed by atoms with Gasteiger partial charge in [-0.3, -0.25) is 4.79 Å². The Bertz CT molecular complexity index is 267. The molecule has 1 heterocycles. The summed E-state index contributed by atoms with van der Waals surface area (Å²) in [5, 5.41) is 14.0. The van der Waals surface area contributed by atoms with Crippen LogP contribution in [-0.4, -0.2) is 37.7 Å². The summed E-state index contributed by atoms with van der Waals surface area (Å²) >= 11 is 0. The third-order valence-corrected chi connectivity index (χ3v) is 2.64. The van der Waals surface area contributed by atoms with E-state index in [9.17, 15) is 4.79 Å². The highest BCUT2D eigenvalue weighted by Gasteiger charge is 2.29. The van der Waals surface area contributed by atoms with Crippen LogP contribution in [0.3, 0.4) is 0 Å². The van der Waals surface area contributed by atoms with Crippen LogP contribution in [0, 0.1) is 11.3 Å². The van der Waals surface area contributed by atoms with E-state index in [-0.39, 0.29) is 18.1 Å². The van der Waals surface area contributed by atoms with Crippen molar-refractivity contribution in [1.29, 1.82) is 5.26 Å². The summed E-state index contributed by atoms with van der Waals surface area (Å²) in [5.41, 5.74) is -0.118. The molecule has 1 saturated heterocycles. The van der Waals surface area contributed by atoms with E-state index in [4.69, 9.17) is 10.00 Å². The Morgan fingerprint density at radius 3 is 3.06 bits per heavy atom. The van der Waals surface area contributed by atoms with Crippen LogP contribution < -0.4 is 10.6 Å². The van der Waals surface area contributed by atoms with Crippen molar-refractivity contribution < 1.29 is 9.53 Å². The summed E-state index contributed by atoms with van der Waals surface area (Å²) < 4.78 is 5.58. The van der Waals surface area contributed by atoms with Gasteiger partial charge in [-0.05, 0) is 19.8 Å². The number of rotatable bonds is 6. The summed E-state index contributed by atoms with van der Waals surface area (Å²) in [6.45, 7) is 4.26. The van der Waals surface area contributed by atoms with Crippen molar-refractivity contribution in [1.82, 2.24) is 10.6 Å². The molecule has 0 aromatic carbocycles. The summed E-state index contributed by atoms with van der Waals surface area (Å²) in [6, 6.07) is 1.97. The summed E-state index contributed by atoms with van der Waals surface area (Å²) in [6.07, 6.45) is 2.48. The molecule has 1 aliphatic rings.